The number of para-hydroxylation sites is 1. The third kappa shape index (κ3) is 2.48. The zero-order chi connectivity index (χ0) is 17.7. The highest BCUT2D eigenvalue weighted by Crippen LogP contribution is 2.56. The Balaban J connectivity index is 1.65. The van der Waals surface area contributed by atoms with Crippen LogP contribution in [0.25, 0.3) is 0 Å². The molecule has 0 radical (unpaired) electrons. The Labute approximate surface area is 147 Å². The highest BCUT2D eigenvalue weighted by Gasteiger charge is 2.61. The molecular weight excluding hydrogens is 318 g/mol. The van der Waals surface area contributed by atoms with Gasteiger partial charge in [-0.15, -0.1) is 0 Å². The second-order valence-electron chi connectivity index (χ2n) is 7.91. The number of carbonyl (C=O) groups is 3. The van der Waals surface area contributed by atoms with Crippen molar-refractivity contribution in [2.24, 2.45) is 29.6 Å². The molecule has 3 aliphatic rings. The van der Waals surface area contributed by atoms with Crippen LogP contribution in [-0.2, 0) is 14.3 Å². The van der Waals surface area contributed by atoms with Crippen LogP contribution in [0, 0.1) is 29.6 Å². The lowest BCUT2D eigenvalue weighted by molar-refractivity contribution is -0.123. The van der Waals surface area contributed by atoms with Crippen molar-refractivity contribution in [3.63, 3.8) is 0 Å². The monoisotopic (exact) mass is 341 g/mol. The van der Waals surface area contributed by atoms with Gasteiger partial charge in [0.25, 0.3) is 0 Å². The summed E-state index contributed by atoms with van der Waals surface area (Å²) >= 11 is 0. The van der Waals surface area contributed by atoms with E-state index >= 15 is 0 Å². The molecule has 2 saturated carbocycles. The highest BCUT2D eigenvalue weighted by molar-refractivity contribution is 6.24. The van der Waals surface area contributed by atoms with E-state index in [1.54, 1.807) is 24.3 Å². The summed E-state index contributed by atoms with van der Waals surface area (Å²) in [6.07, 6.45) is 3.08. The fraction of sp³-hybridized carbons (Fsp3) is 0.550. The first-order valence-corrected chi connectivity index (χ1v) is 9.13. The van der Waals surface area contributed by atoms with Crippen LogP contribution in [0.2, 0.25) is 0 Å². The van der Waals surface area contributed by atoms with Crippen LogP contribution >= 0.6 is 0 Å². The second kappa shape index (κ2) is 5.97. The van der Waals surface area contributed by atoms with Crippen molar-refractivity contribution >= 4 is 23.5 Å². The summed E-state index contributed by atoms with van der Waals surface area (Å²) in [5.41, 5.74) is 0.664. The van der Waals surface area contributed by atoms with E-state index in [2.05, 4.69) is 0 Å². The summed E-state index contributed by atoms with van der Waals surface area (Å²) in [7, 11) is 0. The molecule has 0 aromatic heterocycles. The number of ether oxygens (including phenoxy) is 1. The lowest BCUT2D eigenvalue weighted by Crippen LogP contribution is -2.34. The third-order valence-corrected chi connectivity index (χ3v) is 5.84. The highest BCUT2D eigenvalue weighted by atomic mass is 16.5. The molecule has 5 heteroatoms. The number of benzene rings is 1. The van der Waals surface area contributed by atoms with E-state index in [0.29, 0.717) is 24.1 Å². The van der Waals surface area contributed by atoms with Crippen LogP contribution in [-0.4, -0.2) is 24.4 Å². The van der Waals surface area contributed by atoms with Gasteiger partial charge in [-0.1, -0.05) is 26.0 Å². The molecular formula is C20H23NO4. The van der Waals surface area contributed by atoms with Gasteiger partial charge < -0.3 is 4.74 Å². The average Bonchev–Trinajstić information content (AvgIpc) is 3.27. The zero-order valence-corrected chi connectivity index (χ0v) is 14.6. The van der Waals surface area contributed by atoms with Crippen LogP contribution in [0.4, 0.5) is 5.69 Å². The fourth-order valence-corrected chi connectivity index (χ4v) is 4.81. The molecule has 132 valence electrons. The number of nitrogens with zero attached hydrogens (tertiary/aromatic N) is 1. The third-order valence-electron chi connectivity index (χ3n) is 5.84. The standard InChI is InChI=1S/C20H23NO4/c1-11(2)10-25-20(24)14-5-3-4-6-15(14)21-18(22)16-12-7-8-13(9-12)17(16)19(21)23/h3-6,11-13,16-17H,7-10H2,1-2H3/t12-,13+,16-,17-/m0/s1. The molecule has 0 N–H and O–H groups in total. The van der Waals surface area contributed by atoms with E-state index in [0.717, 1.165) is 19.3 Å². The topological polar surface area (TPSA) is 63.7 Å². The van der Waals surface area contributed by atoms with Gasteiger partial charge in [-0.25, -0.2) is 9.69 Å². The molecule has 2 aliphatic carbocycles. The molecule has 1 aliphatic heterocycles. The van der Waals surface area contributed by atoms with Crippen LogP contribution in [0.1, 0.15) is 43.5 Å². The molecule has 0 unspecified atom stereocenters. The van der Waals surface area contributed by atoms with Gasteiger partial charge in [-0.3, -0.25) is 9.59 Å². The quantitative estimate of drug-likeness (QED) is 0.624. The summed E-state index contributed by atoms with van der Waals surface area (Å²) in [5, 5.41) is 0. The van der Waals surface area contributed by atoms with Gasteiger partial charge in [-0.05, 0) is 49.1 Å². The van der Waals surface area contributed by atoms with Crippen molar-refractivity contribution in [2.45, 2.75) is 33.1 Å². The van der Waals surface area contributed by atoms with Gasteiger partial charge in [0.1, 0.15) is 0 Å². The number of carbonyl (C=O) groups excluding carboxylic acids is 3. The Morgan fingerprint density at radius 3 is 2.32 bits per heavy atom. The van der Waals surface area contributed by atoms with Crippen LogP contribution in [0.15, 0.2) is 24.3 Å². The minimum Gasteiger partial charge on any atom is -0.462 e. The van der Waals surface area contributed by atoms with Crippen molar-refractivity contribution in [3.05, 3.63) is 29.8 Å². The number of esters is 1. The Hall–Kier alpha value is -2.17. The number of hydrogen-bond donors (Lipinski definition) is 0. The molecule has 2 bridgehead atoms. The van der Waals surface area contributed by atoms with Gasteiger partial charge in [0.05, 0.1) is 29.7 Å². The van der Waals surface area contributed by atoms with Crippen LogP contribution in [0.5, 0.6) is 0 Å². The average molecular weight is 341 g/mol. The fourth-order valence-electron chi connectivity index (χ4n) is 4.81. The Morgan fingerprint density at radius 1 is 1.12 bits per heavy atom. The molecule has 1 aromatic carbocycles. The van der Waals surface area contributed by atoms with Crippen LogP contribution < -0.4 is 4.90 Å². The molecule has 25 heavy (non-hydrogen) atoms. The smallest absolute Gasteiger partial charge is 0.340 e. The van der Waals surface area contributed by atoms with E-state index in [-0.39, 0.29) is 35.1 Å². The summed E-state index contributed by atoms with van der Waals surface area (Å²) < 4.78 is 5.32. The zero-order valence-electron chi connectivity index (χ0n) is 14.6. The maximum Gasteiger partial charge on any atom is 0.340 e. The van der Waals surface area contributed by atoms with Crippen LogP contribution in [0.3, 0.4) is 0 Å². The van der Waals surface area contributed by atoms with Gasteiger partial charge in [-0.2, -0.15) is 0 Å². The predicted molar refractivity (Wildman–Crippen MR) is 91.9 cm³/mol. The van der Waals surface area contributed by atoms with Crippen molar-refractivity contribution in [1.82, 2.24) is 0 Å². The van der Waals surface area contributed by atoms with Gasteiger partial charge >= 0.3 is 5.97 Å². The molecule has 1 heterocycles. The molecule has 4 atom stereocenters. The van der Waals surface area contributed by atoms with Gasteiger partial charge in [0.15, 0.2) is 0 Å². The minimum absolute atomic E-state index is 0.133. The second-order valence-corrected chi connectivity index (χ2v) is 7.91. The molecule has 1 aromatic rings. The maximum absolute atomic E-state index is 13.0. The Bertz CT molecular complexity index is 713. The maximum atomic E-state index is 13.0. The minimum atomic E-state index is -0.482. The number of imide groups is 1. The number of fused-ring (bicyclic) bond motifs is 5. The largest absolute Gasteiger partial charge is 0.462 e. The van der Waals surface area contributed by atoms with Crippen molar-refractivity contribution in [2.75, 3.05) is 11.5 Å². The van der Waals surface area contributed by atoms with E-state index in [9.17, 15) is 14.4 Å². The number of amides is 2. The van der Waals surface area contributed by atoms with Crippen molar-refractivity contribution in [1.29, 1.82) is 0 Å². The molecule has 5 nitrogen and oxygen atoms in total. The van der Waals surface area contributed by atoms with Crippen molar-refractivity contribution < 1.29 is 19.1 Å². The van der Waals surface area contributed by atoms with E-state index in [1.165, 1.54) is 4.90 Å². The van der Waals surface area contributed by atoms with E-state index < -0.39 is 5.97 Å². The number of hydrogen-bond acceptors (Lipinski definition) is 4. The lowest BCUT2D eigenvalue weighted by atomic mass is 9.81. The number of rotatable bonds is 4. The Morgan fingerprint density at radius 2 is 1.72 bits per heavy atom. The van der Waals surface area contributed by atoms with E-state index in [4.69, 9.17) is 4.74 Å². The summed E-state index contributed by atoms with van der Waals surface area (Å²) in [4.78, 5) is 39.7. The summed E-state index contributed by atoms with van der Waals surface area (Å²) in [5.74, 6) is -0.242. The lowest BCUT2D eigenvalue weighted by Gasteiger charge is -2.20. The summed E-state index contributed by atoms with van der Waals surface area (Å²) in [6.45, 7) is 4.23. The molecule has 4 rings (SSSR count). The van der Waals surface area contributed by atoms with Gasteiger partial charge in [0.2, 0.25) is 11.8 Å². The molecule has 3 fully saturated rings. The summed E-state index contributed by atoms with van der Waals surface area (Å²) in [6, 6.07) is 6.77. The SMILES string of the molecule is CC(C)COC(=O)c1ccccc1N1C(=O)[C@H]2[C@@H]3CC[C@@H](C3)[C@@H]2C1=O. The molecule has 1 saturated heterocycles. The van der Waals surface area contributed by atoms with Gasteiger partial charge in [0, 0.05) is 0 Å². The first-order valence-electron chi connectivity index (χ1n) is 9.13. The first-order chi connectivity index (χ1) is 12.0. The van der Waals surface area contributed by atoms with E-state index in [1.807, 2.05) is 13.8 Å². The van der Waals surface area contributed by atoms with Crippen molar-refractivity contribution in [3.8, 4) is 0 Å². The molecule has 2 amide bonds. The normalized spacial score (nSPS) is 30.3. The first kappa shape index (κ1) is 16.3. The Kier molecular flexibility index (Phi) is 3.89. The number of anilines is 1. The molecule has 0 spiro atoms. The predicted octanol–water partition coefficient (Wildman–Crippen LogP) is 3.03.